The van der Waals surface area contributed by atoms with Crippen LogP contribution in [0.15, 0.2) is 48.6 Å². The van der Waals surface area contributed by atoms with Crippen LogP contribution in [0.3, 0.4) is 0 Å². The first-order valence-electron chi connectivity index (χ1n) is 8.55. The zero-order valence-electron chi connectivity index (χ0n) is 13.9. The number of hydrogen-bond acceptors (Lipinski definition) is 0. The van der Waals surface area contributed by atoms with Crippen molar-refractivity contribution in [2.75, 3.05) is 0 Å². The molecule has 2 saturated carbocycles. The first-order chi connectivity index (χ1) is 10.7. The summed E-state index contributed by atoms with van der Waals surface area (Å²) in [6.07, 6.45) is 28.1. The summed E-state index contributed by atoms with van der Waals surface area (Å²) in [6, 6.07) is 0. The molecule has 0 aromatic carbocycles. The Morgan fingerprint density at radius 3 is 1.50 bits per heavy atom. The van der Waals surface area contributed by atoms with Crippen molar-refractivity contribution in [3.05, 3.63) is 61.4 Å². The van der Waals surface area contributed by atoms with E-state index >= 15 is 0 Å². The molecule has 22 heavy (non-hydrogen) atoms. The van der Waals surface area contributed by atoms with Gasteiger partial charge in [0.2, 0.25) is 0 Å². The molecule has 0 bridgehead atoms. The van der Waals surface area contributed by atoms with E-state index in [2.05, 4.69) is 74.5 Å². The van der Waals surface area contributed by atoms with Gasteiger partial charge in [0, 0.05) is 0 Å². The third kappa shape index (κ3) is 6.28. The van der Waals surface area contributed by atoms with E-state index in [-0.39, 0.29) is 5.43 Å². The van der Waals surface area contributed by atoms with Crippen LogP contribution < -0.4 is 0 Å². The summed E-state index contributed by atoms with van der Waals surface area (Å²) >= 11 is 1.74. The molecular formula is C20H28SiZr. The third-order valence-corrected chi connectivity index (χ3v) is 4.47. The summed E-state index contributed by atoms with van der Waals surface area (Å²) in [5.41, 5.74) is 0.210. The van der Waals surface area contributed by atoms with Gasteiger partial charge in [0.05, 0.1) is 0 Å². The van der Waals surface area contributed by atoms with Crippen LogP contribution in [0.2, 0.25) is 13.1 Å². The van der Waals surface area contributed by atoms with Crippen LogP contribution in [-0.4, -0.2) is 5.43 Å². The molecule has 0 nitrogen and oxygen atoms in total. The van der Waals surface area contributed by atoms with Gasteiger partial charge >= 0.3 is 41.9 Å². The summed E-state index contributed by atoms with van der Waals surface area (Å²) in [4.78, 5) is 0. The second-order valence-electron chi connectivity index (χ2n) is 6.65. The second-order valence-corrected chi connectivity index (χ2v) is 16.0. The van der Waals surface area contributed by atoms with Crippen LogP contribution in [0.1, 0.15) is 25.7 Å². The molecule has 0 heterocycles. The Morgan fingerprint density at radius 2 is 1.14 bits per heavy atom. The van der Waals surface area contributed by atoms with E-state index in [1.165, 1.54) is 25.7 Å². The van der Waals surface area contributed by atoms with Crippen LogP contribution in [-0.2, 0) is 23.3 Å². The molecule has 0 amide bonds. The Hall–Kier alpha value is 0.0600. The summed E-state index contributed by atoms with van der Waals surface area (Å²) < 4.78 is 0. The molecule has 2 heteroatoms. The van der Waals surface area contributed by atoms with Gasteiger partial charge in [-0.05, 0) is 11.8 Å². The van der Waals surface area contributed by atoms with Crippen molar-refractivity contribution in [1.82, 2.24) is 0 Å². The molecule has 0 radical (unpaired) electrons. The van der Waals surface area contributed by atoms with Gasteiger partial charge in [-0.2, -0.15) is 12.8 Å². The SMILES string of the molecule is C1=CC2[CH-]CCC2C=C1.C1=CC2[CH-]CCC2C=C1.C[Si](C)=[Zr+2]. The fourth-order valence-electron chi connectivity index (χ4n) is 3.39. The number of allylic oxidation sites excluding steroid dienone is 8. The number of fused-ring (bicyclic) bond motifs is 2. The van der Waals surface area contributed by atoms with E-state index in [1.807, 2.05) is 0 Å². The van der Waals surface area contributed by atoms with Crippen LogP contribution in [0.4, 0.5) is 0 Å². The van der Waals surface area contributed by atoms with E-state index in [4.69, 9.17) is 0 Å². The molecule has 4 unspecified atom stereocenters. The van der Waals surface area contributed by atoms with Gasteiger partial charge < -0.3 is 12.8 Å². The van der Waals surface area contributed by atoms with Gasteiger partial charge in [-0.25, -0.2) is 0 Å². The van der Waals surface area contributed by atoms with Crippen molar-refractivity contribution < 1.29 is 23.3 Å². The van der Waals surface area contributed by atoms with E-state index in [0.29, 0.717) is 0 Å². The minimum absolute atomic E-state index is 0.210. The van der Waals surface area contributed by atoms with Crippen LogP contribution in [0, 0.1) is 36.5 Å². The third-order valence-electron chi connectivity index (χ3n) is 4.47. The van der Waals surface area contributed by atoms with Crippen molar-refractivity contribution in [2.45, 2.75) is 38.8 Å². The van der Waals surface area contributed by atoms with Crippen molar-refractivity contribution in [1.29, 1.82) is 0 Å². The summed E-state index contributed by atoms with van der Waals surface area (Å²) in [6.45, 7) is 4.62. The molecule has 4 aliphatic rings. The predicted molar refractivity (Wildman–Crippen MR) is 95.1 cm³/mol. The molecular weight excluding hydrogens is 360 g/mol. The van der Waals surface area contributed by atoms with E-state index in [9.17, 15) is 0 Å². The quantitative estimate of drug-likeness (QED) is 0.382. The van der Waals surface area contributed by atoms with Gasteiger partial charge in [0.1, 0.15) is 0 Å². The maximum atomic E-state index is 2.42. The van der Waals surface area contributed by atoms with Gasteiger partial charge in [0.15, 0.2) is 0 Å². The number of hydrogen-bond donors (Lipinski definition) is 0. The van der Waals surface area contributed by atoms with Crippen LogP contribution >= 0.6 is 0 Å². The zero-order valence-corrected chi connectivity index (χ0v) is 17.4. The van der Waals surface area contributed by atoms with Gasteiger partial charge in [-0.15, -0.1) is 24.0 Å². The molecule has 0 aliphatic heterocycles. The van der Waals surface area contributed by atoms with Gasteiger partial charge in [0.25, 0.3) is 0 Å². The average molecular weight is 388 g/mol. The molecule has 2 fully saturated rings. The molecule has 0 aromatic heterocycles. The second kappa shape index (κ2) is 10.0. The summed E-state index contributed by atoms with van der Waals surface area (Å²) in [5.74, 6) is 3.23. The first-order valence-corrected chi connectivity index (χ1v) is 14.7. The van der Waals surface area contributed by atoms with Gasteiger partial charge in [-0.3, -0.25) is 0 Å². The average Bonchev–Trinajstić information content (AvgIpc) is 3.16. The Labute approximate surface area is 152 Å². The molecule has 0 saturated heterocycles. The fourth-order valence-corrected chi connectivity index (χ4v) is 3.39. The Morgan fingerprint density at radius 1 is 0.773 bits per heavy atom. The molecule has 0 aromatic rings. The fraction of sp³-hybridized carbons (Fsp3) is 0.500. The predicted octanol–water partition coefficient (Wildman–Crippen LogP) is 5.47. The van der Waals surface area contributed by atoms with Crippen molar-refractivity contribution >= 4 is 5.43 Å². The standard InChI is InChI=1S/2C9H11.C2H6Si.Zr/c2*1-2-5-9-7-3-6-8(9)4-1;1-3-2;/h2*1-2,4-6,8-9H,3,7H2;1-2H3;/q2*-1;;+2. The van der Waals surface area contributed by atoms with Crippen molar-refractivity contribution in [2.24, 2.45) is 23.7 Å². The minimum atomic E-state index is 0.210. The topological polar surface area (TPSA) is 0 Å². The normalized spacial score (nSPS) is 33.3. The molecule has 0 N–H and O–H groups in total. The first kappa shape index (κ1) is 18.4. The zero-order chi connectivity index (χ0) is 15.8. The molecule has 116 valence electrons. The van der Waals surface area contributed by atoms with Crippen molar-refractivity contribution in [3.8, 4) is 0 Å². The Bertz CT molecular complexity index is 394. The number of rotatable bonds is 0. The van der Waals surface area contributed by atoms with Crippen LogP contribution in [0.5, 0.6) is 0 Å². The molecule has 0 spiro atoms. The Balaban J connectivity index is 0.000000131. The van der Waals surface area contributed by atoms with E-state index in [1.54, 1.807) is 23.3 Å². The monoisotopic (exact) mass is 386 g/mol. The van der Waals surface area contributed by atoms with E-state index in [0.717, 1.165) is 23.7 Å². The Kier molecular flexibility index (Phi) is 8.39. The summed E-state index contributed by atoms with van der Waals surface area (Å²) in [7, 11) is 0. The summed E-state index contributed by atoms with van der Waals surface area (Å²) in [5, 5.41) is 0. The van der Waals surface area contributed by atoms with E-state index < -0.39 is 0 Å². The van der Waals surface area contributed by atoms with Crippen LogP contribution in [0.25, 0.3) is 0 Å². The molecule has 4 rings (SSSR count). The van der Waals surface area contributed by atoms with Crippen molar-refractivity contribution in [3.63, 3.8) is 0 Å². The molecule has 4 aliphatic carbocycles. The maximum absolute atomic E-state index is 2.42. The van der Waals surface area contributed by atoms with Gasteiger partial charge in [-0.1, -0.05) is 49.3 Å². The molecule has 4 atom stereocenters.